The highest BCUT2D eigenvalue weighted by Crippen LogP contribution is 2.29. The van der Waals surface area contributed by atoms with Crippen LogP contribution in [-0.2, 0) is 6.61 Å². The number of aromatic nitrogens is 1. The molecule has 0 aliphatic rings. The molecule has 16 heavy (non-hydrogen) atoms. The van der Waals surface area contributed by atoms with Crippen LogP contribution >= 0.6 is 46.1 Å². The Hall–Kier alpha value is -0.480. The summed E-state index contributed by atoms with van der Waals surface area (Å²) in [6, 6.07) is 5.08. The second-order valence-electron chi connectivity index (χ2n) is 2.94. The molecule has 0 aliphatic carbocycles. The summed E-state index contributed by atoms with van der Waals surface area (Å²) in [5.74, 6) is 0.554. The van der Waals surface area contributed by atoms with Crippen LogP contribution < -0.4 is 4.74 Å². The zero-order chi connectivity index (χ0) is 11.5. The van der Waals surface area contributed by atoms with E-state index in [4.69, 9.17) is 39.5 Å². The maximum atomic E-state index is 5.95. The fraction of sp³-hybridized carbons (Fsp3) is 0.100. The Bertz CT molecular complexity index is 501. The zero-order valence-corrected chi connectivity index (χ0v) is 11.0. The number of halogens is 3. The summed E-state index contributed by atoms with van der Waals surface area (Å²) in [5.41, 5.74) is 0. The molecule has 0 radical (unpaired) electrons. The van der Waals surface area contributed by atoms with Crippen LogP contribution in [0.2, 0.25) is 14.5 Å². The summed E-state index contributed by atoms with van der Waals surface area (Å²) in [6.07, 6.45) is 1.67. The third-order valence-electron chi connectivity index (χ3n) is 1.79. The molecule has 0 bridgehead atoms. The lowest BCUT2D eigenvalue weighted by Gasteiger charge is -2.06. The van der Waals surface area contributed by atoms with E-state index in [1.807, 2.05) is 0 Å². The summed E-state index contributed by atoms with van der Waals surface area (Å²) < 4.78 is 6.01. The molecule has 0 N–H and O–H groups in total. The second-order valence-corrected chi connectivity index (χ2v) is 5.48. The molecule has 2 nitrogen and oxygen atoms in total. The van der Waals surface area contributed by atoms with E-state index in [0.717, 1.165) is 4.88 Å². The van der Waals surface area contributed by atoms with Crippen molar-refractivity contribution in [1.82, 2.24) is 4.98 Å². The number of ether oxygens (including phenoxy) is 1. The molecule has 0 spiro atoms. The van der Waals surface area contributed by atoms with Crippen LogP contribution in [-0.4, -0.2) is 4.98 Å². The normalized spacial score (nSPS) is 10.4. The average Bonchev–Trinajstić information content (AvgIpc) is 2.66. The number of hydrogen-bond acceptors (Lipinski definition) is 3. The van der Waals surface area contributed by atoms with Crippen LogP contribution in [0.4, 0.5) is 0 Å². The van der Waals surface area contributed by atoms with Crippen LogP contribution in [0.1, 0.15) is 4.88 Å². The van der Waals surface area contributed by atoms with Gasteiger partial charge in [0.15, 0.2) is 4.47 Å². The van der Waals surface area contributed by atoms with E-state index in [1.54, 1.807) is 24.4 Å². The molecule has 0 saturated heterocycles. The van der Waals surface area contributed by atoms with Gasteiger partial charge in [-0.05, 0) is 12.1 Å². The van der Waals surface area contributed by atoms with Crippen LogP contribution in [0, 0.1) is 0 Å². The van der Waals surface area contributed by atoms with Gasteiger partial charge in [-0.15, -0.1) is 11.3 Å². The highest BCUT2D eigenvalue weighted by Gasteiger charge is 2.05. The van der Waals surface area contributed by atoms with E-state index >= 15 is 0 Å². The highest BCUT2D eigenvalue weighted by atomic mass is 35.5. The molecule has 1 heterocycles. The van der Waals surface area contributed by atoms with Gasteiger partial charge in [-0.1, -0.05) is 34.8 Å². The van der Waals surface area contributed by atoms with Crippen molar-refractivity contribution < 1.29 is 4.74 Å². The predicted molar refractivity (Wildman–Crippen MR) is 67.9 cm³/mol. The highest BCUT2D eigenvalue weighted by molar-refractivity contribution is 7.15. The fourth-order valence-electron chi connectivity index (χ4n) is 1.09. The van der Waals surface area contributed by atoms with E-state index in [0.29, 0.717) is 26.9 Å². The molecule has 0 aliphatic heterocycles. The molecule has 84 valence electrons. The van der Waals surface area contributed by atoms with Gasteiger partial charge in [0.25, 0.3) is 0 Å². The van der Waals surface area contributed by atoms with Crippen molar-refractivity contribution in [2.75, 3.05) is 0 Å². The number of rotatable bonds is 3. The Morgan fingerprint density at radius 2 is 2.06 bits per heavy atom. The zero-order valence-electron chi connectivity index (χ0n) is 7.91. The predicted octanol–water partition coefficient (Wildman–Crippen LogP) is 4.68. The SMILES string of the molecule is Clc1ccc(Cl)c(OCc2cnc(Cl)s2)c1. The van der Waals surface area contributed by atoms with Gasteiger partial charge in [0, 0.05) is 17.3 Å². The molecule has 0 amide bonds. The molecule has 6 heteroatoms. The lowest BCUT2D eigenvalue weighted by atomic mass is 10.3. The summed E-state index contributed by atoms with van der Waals surface area (Å²) in [7, 11) is 0. The van der Waals surface area contributed by atoms with Crippen LogP contribution in [0.25, 0.3) is 0 Å². The minimum absolute atomic E-state index is 0.379. The second kappa shape index (κ2) is 5.23. The Morgan fingerprint density at radius 1 is 1.25 bits per heavy atom. The lowest BCUT2D eigenvalue weighted by Crippen LogP contribution is -1.93. The maximum absolute atomic E-state index is 5.95. The molecule has 1 aromatic heterocycles. The number of nitrogens with zero attached hydrogens (tertiary/aromatic N) is 1. The maximum Gasteiger partial charge on any atom is 0.183 e. The van der Waals surface area contributed by atoms with Gasteiger partial charge in [0.2, 0.25) is 0 Å². The number of hydrogen-bond donors (Lipinski definition) is 0. The smallest absolute Gasteiger partial charge is 0.183 e. The minimum Gasteiger partial charge on any atom is -0.486 e. The molecular weight excluding hydrogens is 289 g/mol. The Labute approximate surface area is 112 Å². The largest absolute Gasteiger partial charge is 0.486 e. The Kier molecular flexibility index (Phi) is 3.92. The van der Waals surface area contributed by atoms with Gasteiger partial charge in [0.1, 0.15) is 12.4 Å². The summed E-state index contributed by atoms with van der Waals surface area (Å²) in [6.45, 7) is 0.379. The molecule has 0 fully saturated rings. The van der Waals surface area contributed by atoms with Gasteiger partial charge < -0.3 is 4.74 Å². The van der Waals surface area contributed by atoms with Crippen molar-refractivity contribution in [3.8, 4) is 5.75 Å². The topological polar surface area (TPSA) is 22.1 Å². The van der Waals surface area contributed by atoms with Gasteiger partial charge in [-0.25, -0.2) is 4.98 Å². The van der Waals surface area contributed by atoms with E-state index < -0.39 is 0 Å². The molecule has 1 aromatic carbocycles. The minimum atomic E-state index is 0.379. The number of benzene rings is 1. The van der Waals surface area contributed by atoms with Crippen molar-refractivity contribution in [2.45, 2.75) is 6.61 Å². The number of thiazole rings is 1. The first kappa shape index (κ1) is 12.0. The average molecular weight is 295 g/mol. The van der Waals surface area contributed by atoms with Gasteiger partial charge >= 0.3 is 0 Å². The van der Waals surface area contributed by atoms with Crippen molar-refractivity contribution in [3.63, 3.8) is 0 Å². The van der Waals surface area contributed by atoms with Gasteiger partial charge in [-0.3, -0.25) is 0 Å². The summed E-state index contributed by atoms with van der Waals surface area (Å²) in [4.78, 5) is 4.85. The van der Waals surface area contributed by atoms with Crippen LogP contribution in [0.15, 0.2) is 24.4 Å². The third kappa shape index (κ3) is 3.01. The van der Waals surface area contributed by atoms with Gasteiger partial charge in [0.05, 0.1) is 9.90 Å². The quantitative estimate of drug-likeness (QED) is 0.820. The first-order valence-corrected chi connectivity index (χ1v) is 6.28. The monoisotopic (exact) mass is 293 g/mol. The van der Waals surface area contributed by atoms with E-state index in [1.165, 1.54) is 11.3 Å². The van der Waals surface area contributed by atoms with E-state index in [-0.39, 0.29) is 0 Å². The van der Waals surface area contributed by atoms with Crippen LogP contribution in [0.3, 0.4) is 0 Å². The van der Waals surface area contributed by atoms with E-state index in [2.05, 4.69) is 4.98 Å². The van der Waals surface area contributed by atoms with E-state index in [9.17, 15) is 0 Å². The molecule has 2 rings (SSSR count). The third-order valence-corrected chi connectivity index (χ3v) is 3.42. The van der Waals surface area contributed by atoms with Crippen molar-refractivity contribution in [2.24, 2.45) is 0 Å². The van der Waals surface area contributed by atoms with Crippen LogP contribution in [0.5, 0.6) is 5.75 Å². The first-order valence-electron chi connectivity index (χ1n) is 4.33. The molecule has 0 atom stereocenters. The fourth-order valence-corrected chi connectivity index (χ4v) is 2.31. The standard InChI is InChI=1S/C10H6Cl3NOS/c11-6-1-2-8(12)9(3-6)15-5-7-4-14-10(13)16-7/h1-4H,5H2. The molecule has 0 unspecified atom stereocenters. The van der Waals surface area contributed by atoms with Crippen molar-refractivity contribution >= 4 is 46.1 Å². The summed E-state index contributed by atoms with van der Waals surface area (Å²) in [5, 5.41) is 1.11. The molecule has 0 saturated carbocycles. The van der Waals surface area contributed by atoms with Crippen molar-refractivity contribution in [1.29, 1.82) is 0 Å². The molecular formula is C10H6Cl3NOS. The first-order chi connectivity index (χ1) is 7.65. The molecule has 2 aromatic rings. The summed E-state index contributed by atoms with van der Waals surface area (Å²) >= 11 is 18.9. The lowest BCUT2D eigenvalue weighted by molar-refractivity contribution is 0.310. The van der Waals surface area contributed by atoms with Crippen molar-refractivity contribution in [3.05, 3.63) is 43.8 Å². The Morgan fingerprint density at radius 3 is 2.75 bits per heavy atom. The van der Waals surface area contributed by atoms with Gasteiger partial charge in [-0.2, -0.15) is 0 Å². The Balaban J connectivity index is 2.07.